The molecule has 1 amide bonds. The number of benzene rings is 2. The highest BCUT2D eigenvalue weighted by Crippen LogP contribution is 2.21. The number of likely N-dealkylation sites (tertiary alicyclic amines) is 1. The van der Waals surface area contributed by atoms with Crippen LogP contribution in [0.4, 0.5) is 5.69 Å². The molecule has 23 nitrogen and oxygen atoms in total. The molecule has 24 heteroatoms. The smallest absolute Gasteiger partial charge is 0.364 e. The molecular weight excluding hydrogens is 1070 g/mol. The maximum absolute atomic E-state index is 12.0. The van der Waals surface area contributed by atoms with Crippen molar-refractivity contribution in [2.24, 2.45) is 42.3 Å². The Morgan fingerprint density at radius 2 is 1.11 bits per heavy atom. The van der Waals surface area contributed by atoms with Crippen molar-refractivity contribution in [1.29, 1.82) is 0 Å². The molecule has 7 aromatic heterocycles. The number of esters is 1. The lowest BCUT2D eigenvalue weighted by Gasteiger charge is -2.25. The number of methoxy groups -OCH3 is 1. The van der Waals surface area contributed by atoms with Gasteiger partial charge in [0.2, 0.25) is 0 Å². The van der Waals surface area contributed by atoms with E-state index in [0.29, 0.717) is 34.3 Å². The van der Waals surface area contributed by atoms with Gasteiger partial charge in [-0.2, -0.15) is 30.6 Å². The SMILES string of the molecule is COc1ccc(OC(=O)c2cc(C)n(C)n2)cc1.Cc1cc(=O)n(C)[nH]1.Cc1cc(C(=O)N2CCCCC2)nn1C.Cc1cc(C)n(-c2ccccc2)n1.Cc1cc(C)n(C)n1.Cc1nn(C)c(C)c1[N+](=O)[O-].Cc1nn(C)c(Cl)c1C. The molecule has 0 saturated carbocycles. The molecule has 0 bridgehead atoms. The van der Waals surface area contributed by atoms with Crippen LogP contribution in [0.5, 0.6) is 11.5 Å². The lowest BCUT2D eigenvalue weighted by molar-refractivity contribution is -0.386. The van der Waals surface area contributed by atoms with Crippen LogP contribution in [0.3, 0.4) is 0 Å². The van der Waals surface area contributed by atoms with Gasteiger partial charge in [-0.1, -0.05) is 29.8 Å². The first-order valence-corrected chi connectivity index (χ1v) is 26.8. The zero-order chi connectivity index (χ0) is 61.1. The van der Waals surface area contributed by atoms with Crippen LogP contribution in [0.1, 0.15) is 103 Å². The molecule has 82 heavy (non-hydrogen) atoms. The molecule has 0 atom stereocenters. The molecule has 1 saturated heterocycles. The highest BCUT2D eigenvalue weighted by atomic mass is 35.5. The summed E-state index contributed by atoms with van der Waals surface area (Å²) in [6.07, 6.45) is 3.49. The Morgan fingerprint density at radius 3 is 1.45 bits per heavy atom. The Morgan fingerprint density at radius 1 is 0.598 bits per heavy atom. The number of hydrogen-bond donors (Lipinski definition) is 1. The normalized spacial score (nSPS) is 11.3. The fraction of sp³-hybridized carbons (Fsp3) is 0.397. The number of aryl methyl sites for hydroxylation is 15. The quantitative estimate of drug-likeness (QED) is 0.0706. The van der Waals surface area contributed by atoms with Crippen molar-refractivity contribution < 1.29 is 24.0 Å². The highest BCUT2D eigenvalue weighted by molar-refractivity contribution is 6.30. The number of nitrogens with zero attached hydrogens (tertiary/aromatic N) is 15. The van der Waals surface area contributed by atoms with E-state index in [4.69, 9.17) is 21.1 Å². The number of aromatic nitrogens is 14. The van der Waals surface area contributed by atoms with E-state index >= 15 is 0 Å². The van der Waals surface area contributed by atoms with Crippen LogP contribution in [-0.2, 0) is 42.3 Å². The molecule has 440 valence electrons. The second kappa shape index (κ2) is 30.7. The molecule has 8 heterocycles. The first kappa shape index (κ1) is 65.7. The largest absolute Gasteiger partial charge is 0.497 e. The number of H-pyrrole nitrogens is 1. The summed E-state index contributed by atoms with van der Waals surface area (Å²) >= 11 is 5.80. The number of aromatic amines is 1. The topological polar surface area (TPSA) is 244 Å². The predicted molar refractivity (Wildman–Crippen MR) is 317 cm³/mol. The van der Waals surface area contributed by atoms with E-state index < -0.39 is 10.9 Å². The third kappa shape index (κ3) is 19.2. The van der Waals surface area contributed by atoms with Crippen molar-refractivity contribution in [2.75, 3.05) is 20.2 Å². The van der Waals surface area contributed by atoms with Crippen LogP contribution in [0.15, 0.2) is 89.7 Å². The van der Waals surface area contributed by atoms with E-state index in [1.165, 1.54) is 27.2 Å². The van der Waals surface area contributed by atoms with Crippen molar-refractivity contribution in [3.05, 3.63) is 184 Å². The number of nitrogens with one attached hydrogen (secondary N) is 1. The van der Waals surface area contributed by atoms with E-state index in [1.807, 2.05) is 115 Å². The molecule has 0 spiro atoms. The van der Waals surface area contributed by atoms with Gasteiger partial charge in [-0.25, -0.2) is 9.48 Å². The molecular formula is C58H79ClN16O7. The Kier molecular flexibility index (Phi) is 24.5. The number of rotatable bonds is 6. The second-order valence-corrected chi connectivity index (χ2v) is 20.0. The van der Waals surface area contributed by atoms with E-state index in [1.54, 1.807) is 92.5 Å². The fourth-order valence-electron chi connectivity index (χ4n) is 7.98. The summed E-state index contributed by atoms with van der Waals surface area (Å²) in [5.74, 6) is 0.787. The van der Waals surface area contributed by atoms with Crippen LogP contribution in [0.2, 0.25) is 5.15 Å². The van der Waals surface area contributed by atoms with E-state index in [-0.39, 0.29) is 17.2 Å². The number of halogens is 1. The van der Waals surface area contributed by atoms with Gasteiger partial charge >= 0.3 is 11.7 Å². The molecule has 1 N–H and O–H groups in total. The summed E-state index contributed by atoms with van der Waals surface area (Å²) < 4.78 is 22.0. The average Bonchev–Trinajstić information content (AvgIpc) is 4.31. The fourth-order valence-corrected chi connectivity index (χ4v) is 8.16. The van der Waals surface area contributed by atoms with Crippen LogP contribution < -0.4 is 15.0 Å². The zero-order valence-electron chi connectivity index (χ0n) is 50.6. The van der Waals surface area contributed by atoms with Crippen LogP contribution >= 0.6 is 11.6 Å². The van der Waals surface area contributed by atoms with Gasteiger partial charge in [0.1, 0.15) is 28.0 Å². The van der Waals surface area contributed by atoms with Crippen molar-refractivity contribution in [3.8, 4) is 17.2 Å². The van der Waals surface area contributed by atoms with Crippen molar-refractivity contribution >= 4 is 29.2 Å². The number of carbonyl (C=O) groups is 2. The van der Waals surface area contributed by atoms with Crippen molar-refractivity contribution in [1.82, 2.24) is 73.4 Å². The molecule has 0 unspecified atom stereocenters. The van der Waals surface area contributed by atoms with Gasteiger partial charge in [-0.3, -0.25) is 47.8 Å². The third-order valence-corrected chi connectivity index (χ3v) is 13.4. The minimum Gasteiger partial charge on any atom is -0.497 e. The van der Waals surface area contributed by atoms with Gasteiger partial charge in [-0.15, -0.1) is 0 Å². The summed E-state index contributed by atoms with van der Waals surface area (Å²) in [6, 6.07) is 26.2. The number of para-hydroxylation sites is 1. The first-order chi connectivity index (χ1) is 38.6. The third-order valence-electron chi connectivity index (χ3n) is 12.9. The Balaban J connectivity index is 0.000000210. The number of carbonyl (C=O) groups excluding carboxylic acids is 2. The van der Waals surface area contributed by atoms with E-state index in [2.05, 4.69) is 66.9 Å². The summed E-state index contributed by atoms with van der Waals surface area (Å²) in [7, 11) is 12.4. The van der Waals surface area contributed by atoms with Gasteiger partial charge in [-0.05, 0) is 156 Å². The first-order valence-electron chi connectivity index (χ1n) is 26.4. The van der Waals surface area contributed by atoms with Gasteiger partial charge in [0.05, 0.1) is 34.8 Å². The van der Waals surface area contributed by atoms with Gasteiger partial charge in [0.25, 0.3) is 11.5 Å². The maximum Gasteiger partial charge on any atom is 0.364 e. The molecule has 0 radical (unpaired) electrons. The summed E-state index contributed by atoms with van der Waals surface area (Å²) in [5, 5.41) is 38.7. The Hall–Kier alpha value is -8.86. The van der Waals surface area contributed by atoms with Gasteiger partial charge < -0.3 is 19.5 Å². The number of ether oxygens (including phenoxy) is 2. The zero-order valence-corrected chi connectivity index (χ0v) is 51.3. The molecule has 10 rings (SSSR count). The van der Waals surface area contributed by atoms with E-state index in [0.717, 1.165) is 76.5 Å². The molecule has 2 aromatic carbocycles. The highest BCUT2D eigenvalue weighted by Gasteiger charge is 2.21. The second-order valence-electron chi connectivity index (χ2n) is 19.6. The van der Waals surface area contributed by atoms with E-state index in [9.17, 15) is 24.5 Å². The standard InChI is InChI=1S/C13H14N2O3.C11H17N3O.C11H12N2.C6H9ClN2.C6H9N3O2.C6H10N2.C5H8N2O/c1-9-8-12(14-15(9)2)13(16)18-11-6-4-10(17-3)5-7-11;1-9-8-10(12-13(9)2)11(15)14-6-4-3-5-7-14;1-9-8-10(2)13(12-9)11-6-4-3-5-7-11;1-4-5(2)8-9(3)6(4)7;1-4-6(9(10)11)5(2)8(3)7-4;1-5-4-6(2)8(3)7-5;1-4-3-5(8)7(2)6-4/h4-8H,1-3H3;8H,3-7H2,1-2H3;3-8H,1-2H3;1-3H3;1-3H3;4H,1-3H3;3,6H,1-2H3. The molecule has 0 aliphatic carbocycles. The molecule has 1 fully saturated rings. The predicted octanol–water partition coefficient (Wildman–Crippen LogP) is 9.49. The van der Waals surface area contributed by atoms with Crippen molar-refractivity contribution in [2.45, 2.75) is 95.4 Å². The maximum atomic E-state index is 12.0. The Labute approximate surface area is 484 Å². The number of piperidine rings is 1. The number of hydrogen-bond acceptors (Lipinski definition) is 13. The average molecular weight is 1150 g/mol. The van der Waals surface area contributed by atoms with Gasteiger partial charge in [0.15, 0.2) is 11.4 Å². The molecule has 1 aliphatic heterocycles. The van der Waals surface area contributed by atoms with Crippen molar-refractivity contribution in [3.63, 3.8) is 0 Å². The minimum atomic E-state index is -0.469. The van der Waals surface area contributed by atoms with Gasteiger partial charge in [0, 0.05) is 95.5 Å². The number of nitro groups is 1. The van der Waals surface area contributed by atoms with Crippen LogP contribution in [0, 0.1) is 86.3 Å². The van der Waals surface area contributed by atoms with Crippen LogP contribution in [-0.4, -0.2) is 110 Å². The molecule has 1 aliphatic rings. The number of amides is 1. The summed E-state index contributed by atoms with van der Waals surface area (Å²) in [5.41, 5.74) is 12.6. The lowest BCUT2D eigenvalue weighted by atomic mass is 10.1. The summed E-state index contributed by atoms with van der Waals surface area (Å²) in [6.45, 7) is 22.8. The molecule has 9 aromatic rings. The summed E-state index contributed by atoms with van der Waals surface area (Å²) in [4.78, 5) is 46.3. The Bertz CT molecular complexity index is 3490. The monoisotopic (exact) mass is 1150 g/mol. The lowest BCUT2D eigenvalue weighted by Crippen LogP contribution is -2.35. The van der Waals surface area contributed by atoms with Crippen LogP contribution in [0.25, 0.3) is 5.69 Å². The minimum absolute atomic E-state index is 0.0162.